The molecule has 3 N–H and O–H groups in total. The van der Waals surface area contributed by atoms with E-state index in [1.807, 2.05) is 0 Å². The summed E-state index contributed by atoms with van der Waals surface area (Å²) in [6.07, 6.45) is 1.94. The van der Waals surface area contributed by atoms with Crippen molar-refractivity contribution in [2.45, 2.75) is 18.9 Å². The van der Waals surface area contributed by atoms with Crippen LogP contribution in [0.15, 0.2) is 18.2 Å². The van der Waals surface area contributed by atoms with Crippen molar-refractivity contribution in [3.8, 4) is 5.75 Å². The van der Waals surface area contributed by atoms with E-state index in [4.69, 9.17) is 15.2 Å². The molecule has 1 fully saturated rings. The van der Waals surface area contributed by atoms with E-state index in [0.29, 0.717) is 23.6 Å². The highest BCUT2D eigenvalue weighted by Crippen LogP contribution is 2.22. The van der Waals surface area contributed by atoms with Crippen LogP contribution in [-0.4, -0.2) is 32.3 Å². The maximum Gasteiger partial charge on any atom is 0.251 e. The van der Waals surface area contributed by atoms with Crippen LogP contribution in [0, 0.1) is 0 Å². The highest BCUT2D eigenvalue weighted by atomic mass is 16.5. The van der Waals surface area contributed by atoms with Crippen LogP contribution in [-0.2, 0) is 4.74 Å². The van der Waals surface area contributed by atoms with E-state index < -0.39 is 0 Å². The molecule has 0 aromatic heterocycles. The number of hydrogen-bond donors (Lipinski definition) is 2. The summed E-state index contributed by atoms with van der Waals surface area (Å²) >= 11 is 0. The van der Waals surface area contributed by atoms with E-state index in [2.05, 4.69) is 5.32 Å². The zero-order valence-corrected chi connectivity index (χ0v) is 10.4. The first-order valence-electron chi connectivity index (χ1n) is 6.03. The lowest BCUT2D eigenvalue weighted by Gasteiger charge is -2.23. The first-order valence-corrected chi connectivity index (χ1v) is 6.03. The Hall–Kier alpha value is -1.75. The van der Waals surface area contributed by atoms with Crippen molar-refractivity contribution < 1.29 is 14.3 Å². The Morgan fingerprint density at radius 3 is 3.00 bits per heavy atom. The molecule has 1 aromatic carbocycles. The van der Waals surface area contributed by atoms with E-state index in [1.54, 1.807) is 25.3 Å². The molecule has 1 aliphatic rings. The quantitative estimate of drug-likeness (QED) is 0.790. The van der Waals surface area contributed by atoms with Crippen molar-refractivity contribution >= 4 is 11.6 Å². The standard InChI is InChI=1S/C13H18N2O3/c1-17-12-5-4-9(7-11(12)14)13(16)15-10-3-2-6-18-8-10/h4-5,7,10H,2-3,6,8,14H2,1H3,(H,15,16). The van der Waals surface area contributed by atoms with Gasteiger partial charge in [0.2, 0.25) is 0 Å². The van der Waals surface area contributed by atoms with Crippen molar-refractivity contribution in [1.82, 2.24) is 5.32 Å². The lowest BCUT2D eigenvalue weighted by atomic mass is 10.1. The minimum atomic E-state index is -0.125. The lowest BCUT2D eigenvalue weighted by Crippen LogP contribution is -2.40. The summed E-state index contributed by atoms with van der Waals surface area (Å²) in [5.41, 5.74) is 6.78. The van der Waals surface area contributed by atoms with Gasteiger partial charge in [-0.25, -0.2) is 0 Å². The molecule has 2 rings (SSSR count). The zero-order valence-electron chi connectivity index (χ0n) is 10.4. The predicted molar refractivity (Wildman–Crippen MR) is 68.7 cm³/mol. The van der Waals surface area contributed by atoms with E-state index in [-0.39, 0.29) is 11.9 Å². The minimum absolute atomic E-state index is 0.0922. The van der Waals surface area contributed by atoms with Crippen molar-refractivity contribution in [3.63, 3.8) is 0 Å². The Morgan fingerprint density at radius 2 is 2.39 bits per heavy atom. The van der Waals surface area contributed by atoms with Gasteiger partial charge in [0, 0.05) is 12.2 Å². The number of methoxy groups -OCH3 is 1. The Balaban J connectivity index is 2.01. The largest absolute Gasteiger partial charge is 0.495 e. The van der Waals surface area contributed by atoms with Crippen LogP contribution in [0.2, 0.25) is 0 Å². The molecule has 5 heteroatoms. The maximum atomic E-state index is 12.0. The van der Waals surface area contributed by atoms with E-state index in [1.165, 1.54) is 0 Å². The van der Waals surface area contributed by atoms with Gasteiger partial charge in [0.05, 0.1) is 25.4 Å². The van der Waals surface area contributed by atoms with E-state index >= 15 is 0 Å². The Kier molecular flexibility index (Phi) is 4.04. The second-order valence-electron chi connectivity index (χ2n) is 4.34. The molecule has 1 aliphatic heterocycles. The number of nitrogens with two attached hydrogens (primary N) is 1. The summed E-state index contributed by atoms with van der Waals surface area (Å²) in [5.74, 6) is 0.451. The number of anilines is 1. The first-order chi connectivity index (χ1) is 8.70. The molecule has 1 atom stereocenters. The number of carbonyl (C=O) groups is 1. The van der Waals surface area contributed by atoms with E-state index in [0.717, 1.165) is 19.4 Å². The summed E-state index contributed by atoms with van der Waals surface area (Å²) in [4.78, 5) is 12.0. The molecule has 0 spiro atoms. The van der Waals surface area contributed by atoms with Gasteiger partial charge in [0.25, 0.3) is 5.91 Å². The molecule has 0 aliphatic carbocycles. The SMILES string of the molecule is COc1ccc(C(=O)NC2CCCOC2)cc1N. The van der Waals surface area contributed by atoms with Crippen LogP contribution in [0.1, 0.15) is 23.2 Å². The van der Waals surface area contributed by atoms with Crippen molar-refractivity contribution in [2.75, 3.05) is 26.1 Å². The fourth-order valence-corrected chi connectivity index (χ4v) is 2.00. The summed E-state index contributed by atoms with van der Waals surface area (Å²) in [6.45, 7) is 1.36. The molecule has 1 aromatic rings. The molecule has 1 amide bonds. The average molecular weight is 250 g/mol. The highest BCUT2D eigenvalue weighted by molar-refractivity contribution is 5.95. The van der Waals surface area contributed by atoms with Gasteiger partial charge in [0.15, 0.2) is 0 Å². The summed E-state index contributed by atoms with van der Waals surface area (Å²) in [5, 5.41) is 2.94. The Bertz CT molecular complexity index is 428. The van der Waals surface area contributed by atoms with Gasteiger partial charge >= 0.3 is 0 Å². The van der Waals surface area contributed by atoms with Crippen LogP contribution in [0.4, 0.5) is 5.69 Å². The maximum absolute atomic E-state index is 12.0. The molecule has 0 radical (unpaired) electrons. The molecular formula is C13H18N2O3. The Morgan fingerprint density at radius 1 is 1.56 bits per heavy atom. The summed E-state index contributed by atoms with van der Waals surface area (Å²) < 4.78 is 10.4. The summed E-state index contributed by atoms with van der Waals surface area (Å²) in [6, 6.07) is 5.11. The lowest BCUT2D eigenvalue weighted by molar-refractivity contribution is 0.0624. The highest BCUT2D eigenvalue weighted by Gasteiger charge is 2.17. The third kappa shape index (κ3) is 2.92. The Labute approximate surface area is 106 Å². The molecule has 5 nitrogen and oxygen atoms in total. The minimum Gasteiger partial charge on any atom is -0.495 e. The fraction of sp³-hybridized carbons (Fsp3) is 0.462. The number of benzene rings is 1. The molecular weight excluding hydrogens is 232 g/mol. The predicted octanol–water partition coefficient (Wildman–Crippen LogP) is 1.19. The van der Waals surface area contributed by atoms with Gasteiger partial charge in [-0.2, -0.15) is 0 Å². The number of rotatable bonds is 3. The number of nitrogen functional groups attached to an aromatic ring is 1. The average Bonchev–Trinajstić information content (AvgIpc) is 2.39. The molecule has 98 valence electrons. The molecule has 1 heterocycles. The van der Waals surface area contributed by atoms with Crippen molar-refractivity contribution in [2.24, 2.45) is 0 Å². The molecule has 0 bridgehead atoms. The first kappa shape index (κ1) is 12.7. The van der Waals surface area contributed by atoms with E-state index in [9.17, 15) is 4.79 Å². The molecule has 1 saturated heterocycles. The van der Waals surface area contributed by atoms with Crippen LogP contribution in [0.5, 0.6) is 5.75 Å². The number of hydrogen-bond acceptors (Lipinski definition) is 4. The third-order valence-corrected chi connectivity index (χ3v) is 2.99. The summed E-state index contributed by atoms with van der Waals surface area (Å²) in [7, 11) is 1.55. The number of ether oxygens (including phenoxy) is 2. The van der Waals surface area contributed by atoms with Crippen molar-refractivity contribution in [3.05, 3.63) is 23.8 Å². The van der Waals surface area contributed by atoms with Gasteiger partial charge in [0.1, 0.15) is 5.75 Å². The third-order valence-electron chi connectivity index (χ3n) is 2.99. The van der Waals surface area contributed by atoms with Crippen LogP contribution in [0.3, 0.4) is 0 Å². The topological polar surface area (TPSA) is 73.6 Å². The molecule has 18 heavy (non-hydrogen) atoms. The fourth-order valence-electron chi connectivity index (χ4n) is 2.00. The van der Waals surface area contributed by atoms with Crippen LogP contribution >= 0.6 is 0 Å². The van der Waals surface area contributed by atoms with Crippen LogP contribution < -0.4 is 15.8 Å². The van der Waals surface area contributed by atoms with Gasteiger partial charge in [-0.1, -0.05) is 0 Å². The van der Waals surface area contributed by atoms with Gasteiger partial charge in [-0.05, 0) is 31.0 Å². The number of carbonyl (C=O) groups excluding carboxylic acids is 1. The van der Waals surface area contributed by atoms with Crippen LogP contribution in [0.25, 0.3) is 0 Å². The van der Waals surface area contributed by atoms with Gasteiger partial charge in [-0.3, -0.25) is 4.79 Å². The zero-order chi connectivity index (χ0) is 13.0. The van der Waals surface area contributed by atoms with Crippen molar-refractivity contribution in [1.29, 1.82) is 0 Å². The molecule has 0 saturated carbocycles. The number of amides is 1. The smallest absolute Gasteiger partial charge is 0.251 e. The second kappa shape index (κ2) is 5.73. The van der Waals surface area contributed by atoms with Gasteiger partial charge < -0.3 is 20.5 Å². The molecule has 1 unspecified atom stereocenters. The monoisotopic (exact) mass is 250 g/mol. The van der Waals surface area contributed by atoms with Gasteiger partial charge in [-0.15, -0.1) is 0 Å². The second-order valence-corrected chi connectivity index (χ2v) is 4.34. The normalized spacial score (nSPS) is 19.3. The number of nitrogens with one attached hydrogen (secondary N) is 1.